The molecule has 0 saturated carbocycles. The van der Waals surface area contributed by atoms with Gasteiger partial charge in [0.05, 0.1) is 5.75 Å². The first kappa shape index (κ1) is 18.7. The molecule has 19 heavy (non-hydrogen) atoms. The molecule has 0 aromatic carbocycles. The highest BCUT2D eigenvalue weighted by atomic mass is 32.2. The van der Waals surface area contributed by atoms with Crippen molar-refractivity contribution in [2.75, 3.05) is 18.8 Å². The van der Waals surface area contributed by atoms with E-state index < -0.39 is 40.3 Å². The summed E-state index contributed by atoms with van der Waals surface area (Å²) in [5.74, 6) is -0.504. The predicted molar refractivity (Wildman–Crippen MR) is 69.2 cm³/mol. The first-order valence-corrected chi connectivity index (χ1v) is 7.84. The lowest BCUT2D eigenvalue weighted by Crippen LogP contribution is -2.53. The van der Waals surface area contributed by atoms with Gasteiger partial charge in [-0.3, -0.25) is 0 Å². The molecule has 0 heterocycles. The van der Waals surface area contributed by atoms with Crippen LogP contribution in [0.15, 0.2) is 0 Å². The van der Waals surface area contributed by atoms with E-state index >= 15 is 0 Å². The van der Waals surface area contributed by atoms with Gasteiger partial charge in [-0.15, -0.1) is 0 Å². The van der Waals surface area contributed by atoms with Gasteiger partial charge in [-0.05, 0) is 26.7 Å². The van der Waals surface area contributed by atoms with E-state index in [1.807, 2.05) is 6.92 Å². The fourth-order valence-corrected chi connectivity index (χ4v) is 3.71. The number of nitrogens with zero attached hydrogens (tertiary/aromatic N) is 1. The molecule has 0 aromatic rings. The smallest absolute Gasteiger partial charge is 0.329 e. The Kier molecular flexibility index (Phi) is 6.77. The van der Waals surface area contributed by atoms with E-state index in [4.69, 9.17) is 5.73 Å². The Hall–Kier alpha value is -0.340. The summed E-state index contributed by atoms with van der Waals surface area (Å²) in [6, 6.07) is 0. The lowest BCUT2D eigenvalue weighted by Gasteiger charge is -2.36. The van der Waals surface area contributed by atoms with Crippen LogP contribution in [0.4, 0.5) is 13.2 Å². The minimum Gasteiger partial charge on any atom is -0.329 e. The molecule has 4 nitrogen and oxygen atoms in total. The quantitative estimate of drug-likeness (QED) is 0.747. The zero-order valence-electron chi connectivity index (χ0n) is 11.6. The van der Waals surface area contributed by atoms with E-state index in [2.05, 4.69) is 0 Å². The van der Waals surface area contributed by atoms with Gasteiger partial charge in [-0.2, -0.15) is 17.5 Å². The zero-order valence-corrected chi connectivity index (χ0v) is 12.4. The predicted octanol–water partition coefficient (Wildman–Crippen LogP) is 2.11. The van der Waals surface area contributed by atoms with Crippen LogP contribution in [-0.4, -0.2) is 43.3 Å². The van der Waals surface area contributed by atoms with Crippen molar-refractivity contribution >= 4 is 10.0 Å². The summed E-state index contributed by atoms with van der Waals surface area (Å²) in [7, 11) is -3.72. The number of hydrogen-bond donors (Lipinski definition) is 1. The number of nitrogens with two attached hydrogens (primary N) is 1. The van der Waals surface area contributed by atoms with Crippen LogP contribution in [0.1, 0.15) is 40.0 Å². The molecule has 0 spiro atoms. The Labute approximate surface area is 113 Å². The molecule has 0 amide bonds. The van der Waals surface area contributed by atoms with Gasteiger partial charge in [0.15, 0.2) is 0 Å². The highest BCUT2D eigenvalue weighted by Gasteiger charge is 2.35. The van der Waals surface area contributed by atoms with Crippen molar-refractivity contribution in [3.05, 3.63) is 0 Å². The standard InChI is InChI=1S/C11H23F3N2O2S/c1-4-7-16(10(2,3)9-15)19(17,18)8-5-6-11(12,13)14/h4-9,15H2,1-3H3. The van der Waals surface area contributed by atoms with Crippen LogP contribution in [0.3, 0.4) is 0 Å². The molecule has 8 heteroatoms. The largest absolute Gasteiger partial charge is 0.389 e. The zero-order chi connectivity index (χ0) is 15.3. The van der Waals surface area contributed by atoms with Crippen molar-refractivity contribution < 1.29 is 21.6 Å². The van der Waals surface area contributed by atoms with Gasteiger partial charge in [-0.25, -0.2) is 8.42 Å². The molecule has 0 aliphatic carbocycles. The van der Waals surface area contributed by atoms with Crippen LogP contribution in [-0.2, 0) is 10.0 Å². The molecule has 116 valence electrons. The van der Waals surface area contributed by atoms with Crippen LogP contribution in [0, 0.1) is 0 Å². The highest BCUT2D eigenvalue weighted by Crippen LogP contribution is 2.24. The van der Waals surface area contributed by atoms with Gasteiger partial charge in [0.1, 0.15) is 0 Å². The van der Waals surface area contributed by atoms with Crippen LogP contribution in [0.5, 0.6) is 0 Å². The third kappa shape index (κ3) is 6.58. The maximum absolute atomic E-state index is 12.1. The second-order valence-corrected chi connectivity index (χ2v) is 7.14. The number of halogens is 3. The van der Waals surface area contributed by atoms with E-state index in [1.165, 1.54) is 4.31 Å². The first-order chi connectivity index (χ1) is 8.46. The average molecular weight is 304 g/mol. The molecule has 0 aliphatic rings. The molecule has 0 fully saturated rings. The molecule has 0 aromatic heterocycles. The Morgan fingerprint density at radius 1 is 1.21 bits per heavy atom. The van der Waals surface area contributed by atoms with Crippen LogP contribution in [0.25, 0.3) is 0 Å². The van der Waals surface area contributed by atoms with E-state index in [1.54, 1.807) is 13.8 Å². The summed E-state index contributed by atoms with van der Waals surface area (Å²) >= 11 is 0. The van der Waals surface area contributed by atoms with Gasteiger partial charge in [0.25, 0.3) is 0 Å². The van der Waals surface area contributed by atoms with Crippen molar-refractivity contribution in [1.82, 2.24) is 4.31 Å². The third-order valence-corrected chi connectivity index (χ3v) is 4.95. The number of rotatable bonds is 8. The Bertz CT molecular complexity index is 367. The lowest BCUT2D eigenvalue weighted by atomic mass is 10.1. The summed E-state index contributed by atoms with van der Waals surface area (Å²) in [4.78, 5) is 0. The van der Waals surface area contributed by atoms with Crippen molar-refractivity contribution in [2.24, 2.45) is 5.73 Å². The van der Waals surface area contributed by atoms with Crippen molar-refractivity contribution in [1.29, 1.82) is 0 Å². The van der Waals surface area contributed by atoms with E-state index in [0.29, 0.717) is 6.42 Å². The van der Waals surface area contributed by atoms with E-state index in [0.717, 1.165) is 0 Å². The van der Waals surface area contributed by atoms with Gasteiger partial charge in [0, 0.05) is 25.0 Å². The molecule has 0 bridgehead atoms. The van der Waals surface area contributed by atoms with Crippen LogP contribution >= 0.6 is 0 Å². The van der Waals surface area contributed by atoms with Gasteiger partial charge in [-0.1, -0.05) is 6.92 Å². The summed E-state index contributed by atoms with van der Waals surface area (Å²) in [6.45, 7) is 5.53. The molecular formula is C11H23F3N2O2S. The second-order valence-electron chi connectivity index (χ2n) is 5.12. The minimum atomic E-state index is -4.32. The normalized spacial score (nSPS) is 14.1. The van der Waals surface area contributed by atoms with Gasteiger partial charge in [0.2, 0.25) is 10.0 Å². The maximum Gasteiger partial charge on any atom is 0.389 e. The molecule has 2 N–H and O–H groups in total. The Morgan fingerprint density at radius 2 is 1.74 bits per heavy atom. The van der Waals surface area contributed by atoms with Crippen LogP contribution < -0.4 is 5.73 Å². The second kappa shape index (κ2) is 6.90. The minimum absolute atomic E-state index is 0.117. The molecule has 0 saturated heterocycles. The topological polar surface area (TPSA) is 63.4 Å². The van der Waals surface area contributed by atoms with Crippen molar-refractivity contribution in [3.8, 4) is 0 Å². The maximum atomic E-state index is 12.1. The number of hydrogen-bond acceptors (Lipinski definition) is 3. The Balaban J connectivity index is 4.82. The molecule has 0 rings (SSSR count). The van der Waals surface area contributed by atoms with E-state index in [9.17, 15) is 21.6 Å². The lowest BCUT2D eigenvalue weighted by molar-refractivity contribution is -0.134. The first-order valence-electron chi connectivity index (χ1n) is 6.23. The van der Waals surface area contributed by atoms with Gasteiger partial charge < -0.3 is 5.73 Å². The summed E-state index contributed by atoms with van der Waals surface area (Å²) < 4.78 is 61.6. The van der Waals surface area contributed by atoms with Crippen LogP contribution in [0.2, 0.25) is 0 Å². The fourth-order valence-electron chi connectivity index (χ4n) is 1.69. The molecule has 0 aliphatic heterocycles. The van der Waals surface area contributed by atoms with Gasteiger partial charge >= 0.3 is 6.18 Å². The Morgan fingerprint density at radius 3 is 2.11 bits per heavy atom. The van der Waals surface area contributed by atoms with E-state index in [-0.39, 0.29) is 13.1 Å². The highest BCUT2D eigenvalue weighted by molar-refractivity contribution is 7.89. The molecule has 0 atom stereocenters. The molecule has 0 unspecified atom stereocenters. The number of alkyl halides is 3. The fraction of sp³-hybridized carbons (Fsp3) is 1.00. The van der Waals surface area contributed by atoms with Crippen molar-refractivity contribution in [2.45, 2.75) is 51.7 Å². The average Bonchev–Trinajstić information content (AvgIpc) is 2.23. The molecule has 0 radical (unpaired) electrons. The summed E-state index contributed by atoms with van der Waals surface area (Å²) in [5.41, 5.74) is 4.76. The molecular weight excluding hydrogens is 281 g/mol. The summed E-state index contributed by atoms with van der Waals surface area (Å²) in [6.07, 6.45) is -5.25. The number of sulfonamides is 1. The monoisotopic (exact) mass is 304 g/mol. The summed E-state index contributed by atoms with van der Waals surface area (Å²) in [5, 5.41) is 0. The van der Waals surface area contributed by atoms with Crippen molar-refractivity contribution in [3.63, 3.8) is 0 Å². The SMILES string of the molecule is CCCN(C(C)(C)CN)S(=O)(=O)CCCC(F)(F)F. The third-order valence-electron chi connectivity index (χ3n) is 2.80.